The Balaban J connectivity index is 2.21. The summed E-state index contributed by atoms with van der Waals surface area (Å²) in [5.74, 6) is 0. The van der Waals surface area contributed by atoms with Gasteiger partial charge in [-0.1, -0.05) is 0 Å². The molecule has 0 aliphatic carbocycles. The van der Waals surface area contributed by atoms with Crippen LogP contribution >= 0.6 is 0 Å². The topological polar surface area (TPSA) is 50.1 Å². The molecule has 80 valence electrons. The van der Waals surface area contributed by atoms with Gasteiger partial charge in [-0.3, -0.25) is 4.68 Å². The lowest BCUT2D eigenvalue weighted by Crippen LogP contribution is -2.15. The number of hydrogen-bond acceptors (Lipinski definition) is 3. The maximum Gasteiger partial charge on any atom is 0.0537 e. The minimum absolute atomic E-state index is 0.285. The molecule has 0 aliphatic heterocycles. The number of aliphatic hydroxyl groups excluding tert-OH is 1. The van der Waals surface area contributed by atoms with Gasteiger partial charge >= 0.3 is 0 Å². The Morgan fingerprint density at radius 1 is 1.50 bits per heavy atom. The van der Waals surface area contributed by atoms with E-state index >= 15 is 0 Å². The van der Waals surface area contributed by atoms with Crippen molar-refractivity contribution in [3.8, 4) is 0 Å². The summed E-state index contributed by atoms with van der Waals surface area (Å²) in [5.41, 5.74) is 2.45. The minimum atomic E-state index is 0.285. The van der Waals surface area contributed by atoms with Crippen LogP contribution in [-0.2, 0) is 13.6 Å². The number of aromatic nitrogens is 2. The number of nitrogens with zero attached hydrogens (tertiary/aromatic N) is 2. The van der Waals surface area contributed by atoms with E-state index in [1.54, 1.807) is 0 Å². The second-order valence-electron chi connectivity index (χ2n) is 3.49. The summed E-state index contributed by atoms with van der Waals surface area (Å²) in [6, 6.07) is 0. The summed E-state index contributed by atoms with van der Waals surface area (Å²) in [7, 11) is 1.95. The van der Waals surface area contributed by atoms with Crippen molar-refractivity contribution in [3.63, 3.8) is 0 Å². The Morgan fingerprint density at radius 3 is 2.86 bits per heavy atom. The first-order valence-corrected chi connectivity index (χ1v) is 5.04. The highest BCUT2D eigenvalue weighted by Crippen LogP contribution is 2.04. The van der Waals surface area contributed by atoms with Crippen LogP contribution in [0.5, 0.6) is 0 Å². The lowest BCUT2D eigenvalue weighted by Gasteiger charge is -2.03. The van der Waals surface area contributed by atoms with Crippen LogP contribution in [0.25, 0.3) is 0 Å². The van der Waals surface area contributed by atoms with Crippen molar-refractivity contribution in [3.05, 3.63) is 17.5 Å². The highest BCUT2D eigenvalue weighted by molar-refractivity contribution is 5.15. The molecule has 4 heteroatoms. The molecule has 0 aliphatic rings. The average Bonchev–Trinajstić information content (AvgIpc) is 2.49. The summed E-state index contributed by atoms with van der Waals surface area (Å²) >= 11 is 0. The molecule has 1 heterocycles. The SMILES string of the molecule is Cc1c(CNCCCCO)cnn1C. The van der Waals surface area contributed by atoms with Crippen molar-refractivity contribution >= 4 is 0 Å². The average molecular weight is 197 g/mol. The number of aryl methyl sites for hydroxylation is 1. The van der Waals surface area contributed by atoms with Crippen LogP contribution in [0.1, 0.15) is 24.1 Å². The Labute approximate surface area is 84.9 Å². The second-order valence-corrected chi connectivity index (χ2v) is 3.49. The van der Waals surface area contributed by atoms with E-state index in [0.29, 0.717) is 0 Å². The van der Waals surface area contributed by atoms with Crippen molar-refractivity contribution in [2.45, 2.75) is 26.3 Å². The first-order chi connectivity index (χ1) is 6.75. The van der Waals surface area contributed by atoms with Gasteiger partial charge in [0.2, 0.25) is 0 Å². The van der Waals surface area contributed by atoms with E-state index < -0.39 is 0 Å². The van der Waals surface area contributed by atoms with Gasteiger partial charge in [-0.25, -0.2) is 0 Å². The minimum Gasteiger partial charge on any atom is -0.396 e. The fraction of sp³-hybridized carbons (Fsp3) is 0.700. The molecule has 0 fully saturated rings. The summed E-state index contributed by atoms with van der Waals surface area (Å²) in [6.45, 7) is 4.17. The molecule has 0 aromatic carbocycles. The van der Waals surface area contributed by atoms with Crippen LogP contribution in [0.4, 0.5) is 0 Å². The molecule has 1 aromatic heterocycles. The zero-order valence-corrected chi connectivity index (χ0v) is 8.95. The largest absolute Gasteiger partial charge is 0.396 e. The van der Waals surface area contributed by atoms with Crippen molar-refractivity contribution in [1.82, 2.24) is 15.1 Å². The van der Waals surface area contributed by atoms with Crippen LogP contribution in [-0.4, -0.2) is 28.0 Å². The van der Waals surface area contributed by atoms with Crippen LogP contribution < -0.4 is 5.32 Å². The first kappa shape index (κ1) is 11.2. The third kappa shape index (κ3) is 3.12. The van der Waals surface area contributed by atoms with Crippen molar-refractivity contribution in [2.24, 2.45) is 7.05 Å². The smallest absolute Gasteiger partial charge is 0.0537 e. The molecule has 1 rings (SSSR count). The number of aliphatic hydroxyl groups is 1. The molecule has 0 saturated heterocycles. The van der Waals surface area contributed by atoms with Crippen LogP contribution in [0, 0.1) is 6.92 Å². The molecular formula is C10H19N3O. The van der Waals surface area contributed by atoms with Crippen LogP contribution in [0.15, 0.2) is 6.20 Å². The van der Waals surface area contributed by atoms with E-state index in [4.69, 9.17) is 5.11 Å². The summed E-state index contributed by atoms with van der Waals surface area (Å²) in [5, 5.41) is 16.1. The predicted molar refractivity (Wildman–Crippen MR) is 56.0 cm³/mol. The highest BCUT2D eigenvalue weighted by atomic mass is 16.2. The molecule has 4 nitrogen and oxygen atoms in total. The maximum absolute atomic E-state index is 8.59. The number of unbranched alkanes of at least 4 members (excludes halogenated alkanes) is 1. The first-order valence-electron chi connectivity index (χ1n) is 5.04. The van der Waals surface area contributed by atoms with Gasteiger partial charge in [-0.05, 0) is 26.3 Å². The molecule has 0 saturated carbocycles. The normalized spacial score (nSPS) is 10.8. The third-order valence-electron chi connectivity index (χ3n) is 2.41. The number of hydrogen-bond donors (Lipinski definition) is 2. The standard InChI is InChI=1S/C10H19N3O/c1-9-10(8-12-13(9)2)7-11-5-3-4-6-14/h8,11,14H,3-7H2,1-2H3. The van der Waals surface area contributed by atoms with Gasteiger partial charge in [0.05, 0.1) is 6.20 Å². The van der Waals surface area contributed by atoms with Crippen molar-refractivity contribution < 1.29 is 5.11 Å². The molecule has 2 N–H and O–H groups in total. The summed E-state index contributed by atoms with van der Waals surface area (Å²) in [4.78, 5) is 0. The van der Waals surface area contributed by atoms with E-state index in [-0.39, 0.29) is 6.61 Å². The quantitative estimate of drug-likeness (QED) is 0.656. The molecule has 0 atom stereocenters. The number of nitrogens with one attached hydrogen (secondary N) is 1. The van der Waals surface area contributed by atoms with Gasteiger partial charge < -0.3 is 10.4 Å². The van der Waals surface area contributed by atoms with E-state index in [1.165, 1.54) is 11.3 Å². The Kier molecular flexibility index (Phi) is 4.62. The van der Waals surface area contributed by atoms with Gasteiger partial charge in [0.25, 0.3) is 0 Å². The van der Waals surface area contributed by atoms with Crippen molar-refractivity contribution in [1.29, 1.82) is 0 Å². The maximum atomic E-state index is 8.59. The molecule has 0 radical (unpaired) electrons. The van der Waals surface area contributed by atoms with E-state index in [1.807, 2.05) is 17.9 Å². The highest BCUT2D eigenvalue weighted by Gasteiger charge is 2.01. The van der Waals surface area contributed by atoms with Gasteiger partial charge in [0.1, 0.15) is 0 Å². The van der Waals surface area contributed by atoms with Crippen molar-refractivity contribution in [2.75, 3.05) is 13.2 Å². The zero-order chi connectivity index (χ0) is 10.4. The van der Waals surface area contributed by atoms with Gasteiger partial charge in [-0.15, -0.1) is 0 Å². The lowest BCUT2D eigenvalue weighted by atomic mass is 10.2. The Bertz CT molecular complexity index is 270. The summed E-state index contributed by atoms with van der Waals surface area (Å²) < 4.78 is 1.88. The van der Waals surface area contributed by atoms with Crippen LogP contribution in [0.2, 0.25) is 0 Å². The third-order valence-corrected chi connectivity index (χ3v) is 2.41. The predicted octanol–water partition coefficient (Wildman–Crippen LogP) is 0.591. The molecule has 14 heavy (non-hydrogen) atoms. The monoisotopic (exact) mass is 197 g/mol. The number of rotatable bonds is 6. The fourth-order valence-electron chi connectivity index (χ4n) is 1.30. The van der Waals surface area contributed by atoms with Gasteiger partial charge in [0.15, 0.2) is 0 Å². The Hall–Kier alpha value is -0.870. The molecule has 0 bridgehead atoms. The van der Waals surface area contributed by atoms with E-state index in [0.717, 1.165) is 25.9 Å². The molecule has 0 unspecified atom stereocenters. The zero-order valence-electron chi connectivity index (χ0n) is 8.95. The molecule has 0 spiro atoms. The van der Waals surface area contributed by atoms with Crippen LogP contribution in [0.3, 0.4) is 0 Å². The van der Waals surface area contributed by atoms with E-state index in [2.05, 4.69) is 17.3 Å². The lowest BCUT2D eigenvalue weighted by molar-refractivity contribution is 0.283. The van der Waals surface area contributed by atoms with E-state index in [9.17, 15) is 0 Å². The second kappa shape index (κ2) is 5.78. The Morgan fingerprint density at radius 2 is 2.29 bits per heavy atom. The fourth-order valence-corrected chi connectivity index (χ4v) is 1.30. The van der Waals surface area contributed by atoms with Gasteiger partial charge in [-0.2, -0.15) is 5.10 Å². The summed E-state index contributed by atoms with van der Waals surface area (Å²) in [6.07, 6.45) is 3.79. The molecule has 1 aromatic rings. The molecular weight excluding hydrogens is 178 g/mol. The molecule has 0 amide bonds. The van der Waals surface area contributed by atoms with Gasteiger partial charge in [0, 0.05) is 31.5 Å².